The van der Waals surface area contributed by atoms with Crippen LogP contribution < -0.4 is 4.90 Å². The normalized spacial score (nSPS) is 9.64. The van der Waals surface area contributed by atoms with Gasteiger partial charge in [-0.25, -0.2) is 21.0 Å². The third-order valence-corrected chi connectivity index (χ3v) is 3.43. The van der Waals surface area contributed by atoms with Crippen molar-refractivity contribution in [2.75, 3.05) is 19.6 Å². The molecule has 0 radical (unpaired) electrons. The highest BCUT2D eigenvalue weighted by Crippen LogP contribution is 1.92. The number of nitrogens with zero attached hydrogens (tertiary/aromatic N) is 4. The van der Waals surface area contributed by atoms with Crippen molar-refractivity contribution in [3.05, 3.63) is 0 Å². The van der Waals surface area contributed by atoms with Crippen molar-refractivity contribution in [2.45, 2.75) is 59.3 Å². The van der Waals surface area contributed by atoms with Crippen LogP contribution >= 0.6 is 0 Å². The number of unbranched alkanes of at least 4 members (excludes halogenated alkanes) is 3. The smallest absolute Gasteiger partial charge is 0.335 e. The van der Waals surface area contributed by atoms with E-state index < -0.39 is 6.15 Å². The number of quaternary nitrogens is 1. The van der Waals surface area contributed by atoms with Crippen molar-refractivity contribution in [3.8, 4) is 23.9 Å². The summed E-state index contributed by atoms with van der Waals surface area (Å²) < 4.78 is 0. The average molecular weight is 301 g/mol. The molecule has 0 aliphatic rings. The lowest BCUT2D eigenvalue weighted by Crippen LogP contribution is -3.12. The SMILES string of the molecule is CCCC[NH+](CCCC)CCCC.N#C[B-](C#N)(C#N)C#N. The first-order valence-corrected chi connectivity index (χ1v) is 8.23. The molecule has 0 spiro atoms. The Bertz CT molecular complexity index is 355. The van der Waals surface area contributed by atoms with Gasteiger partial charge < -0.3 is 4.90 Å². The summed E-state index contributed by atoms with van der Waals surface area (Å²) in [6.45, 7) is 11.1. The molecule has 6 heteroatoms. The molecule has 120 valence electrons. The van der Waals surface area contributed by atoms with Crippen LogP contribution in [-0.4, -0.2) is 25.8 Å². The minimum atomic E-state index is -2.72. The highest BCUT2D eigenvalue weighted by atomic mass is 15.1. The fourth-order valence-electron chi connectivity index (χ4n) is 1.83. The third kappa shape index (κ3) is 10.7. The Morgan fingerprint density at radius 3 is 1.05 bits per heavy atom. The minimum Gasteiger partial charge on any atom is -0.335 e. The molecule has 0 unspecified atom stereocenters. The molecule has 0 aromatic rings. The first-order chi connectivity index (χ1) is 10.6. The van der Waals surface area contributed by atoms with E-state index in [9.17, 15) is 0 Å². The Morgan fingerprint density at radius 2 is 0.909 bits per heavy atom. The van der Waals surface area contributed by atoms with Crippen LogP contribution in [0, 0.1) is 44.9 Å². The highest BCUT2D eigenvalue weighted by Gasteiger charge is 2.22. The minimum absolute atomic E-state index is 1.34. The molecular formula is C16H28BN5. The lowest BCUT2D eigenvalue weighted by atomic mass is 9.30. The van der Waals surface area contributed by atoms with E-state index in [1.165, 1.54) is 82.0 Å². The maximum absolute atomic E-state index is 8.09. The van der Waals surface area contributed by atoms with Gasteiger partial charge in [0.15, 0.2) is 0 Å². The van der Waals surface area contributed by atoms with Gasteiger partial charge in [0.2, 0.25) is 0 Å². The summed E-state index contributed by atoms with van der Waals surface area (Å²) in [5.74, 6) is 5.38. The van der Waals surface area contributed by atoms with Crippen molar-refractivity contribution < 1.29 is 4.90 Å². The fraction of sp³-hybridized carbons (Fsp3) is 0.750. The van der Waals surface area contributed by atoms with Gasteiger partial charge in [0, 0.05) is 0 Å². The molecule has 0 aliphatic carbocycles. The van der Waals surface area contributed by atoms with E-state index >= 15 is 0 Å². The van der Waals surface area contributed by atoms with Crippen LogP contribution in [0.25, 0.3) is 0 Å². The van der Waals surface area contributed by atoms with Crippen LogP contribution in [0.15, 0.2) is 0 Å². The van der Waals surface area contributed by atoms with Gasteiger partial charge in [0.1, 0.15) is 0 Å². The van der Waals surface area contributed by atoms with E-state index in [0.29, 0.717) is 0 Å². The zero-order chi connectivity index (χ0) is 17.3. The highest BCUT2D eigenvalue weighted by molar-refractivity contribution is 7.05. The lowest BCUT2D eigenvalue weighted by Gasteiger charge is -2.18. The third-order valence-electron chi connectivity index (χ3n) is 3.43. The Kier molecular flexibility index (Phi) is 15.6. The van der Waals surface area contributed by atoms with Crippen molar-refractivity contribution in [1.29, 1.82) is 21.0 Å². The van der Waals surface area contributed by atoms with E-state index in [4.69, 9.17) is 21.0 Å². The van der Waals surface area contributed by atoms with Gasteiger partial charge in [0.05, 0.1) is 19.6 Å². The van der Waals surface area contributed by atoms with E-state index in [2.05, 4.69) is 20.8 Å². The van der Waals surface area contributed by atoms with Gasteiger partial charge in [-0.1, -0.05) is 40.0 Å². The van der Waals surface area contributed by atoms with Gasteiger partial charge in [-0.2, -0.15) is 0 Å². The Labute approximate surface area is 135 Å². The summed E-state index contributed by atoms with van der Waals surface area (Å²) >= 11 is 0. The van der Waals surface area contributed by atoms with Gasteiger partial charge in [-0.15, -0.1) is 23.9 Å². The van der Waals surface area contributed by atoms with Gasteiger partial charge >= 0.3 is 6.15 Å². The molecule has 0 saturated heterocycles. The van der Waals surface area contributed by atoms with E-state index in [-0.39, 0.29) is 0 Å². The second kappa shape index (κ2) is 15.4. The molecule has 22 heavy (non-hydrogen) atoms. The maximum Gasteiger partial charge on any atom is 0.383 e. The number of nitrogens with one attached hydrogen (secondary N) is 1. The molecule has 0 heterocycles. The second-order valence-corrected chi connectivity index (χ2v) is 5.44. The topological polar surface area (TPSA) is 99.6 Å². The molecule has 0 rings (SSSR count). The molecule has 0 aromatic heterocycles. The summed E-state index contributed by atoms with van der Waals surface area (Å²) in [7, 11) is 0. The molecular weight excluding hydrogens is 273 g/mol. The molecule has 0 saturated carbocycles. The molecule has 1 N–H and O–H groups in total. The van der Waals surface area contributed by atoms with E-state index in [1.807, 2.05) is 4.90 Å². The van der Waals surface area contributed by atoms with Crippen molar-refractivity contribution in [1.82, 2.24) is 0 Å². The Morgan fingerprint density at radius 1 is 0.636 bits per heavy atom. The zero-order valence-corrected chi connectivity index (χ0v) is 14.2. The van der Waals surface area contributed by atoms with Gasteiger partial charge in [-0.3, -0.25) is 0 Å². The van der Waals surface area contributed by atoms with Gasteiger partial charge in [0.25, 0.3) is 0 Å². The van der Waals surface area contributed by atoms with Crippen molar-refractivity contribution >= 4 is 6.15 Å². The largest absolute Gasteiger partial charge is 0.383 e. The van der Waals surface area contributed by atoms with Crippen molar-refractivity contribution in [3.63, 3.8) is 0 Å². The zero-order valence-electron chi connectivity index (χ0n) is 14.2. The monoisotopic (exact) mass is 301 g/mol. The second-order valence-electron chi connectivity index (χ2n) is 5.44. The molecule has 5 nitrogen and oxygen atoms in total. The number of hydrogen-bond donors (Lipinski definition) is 1. The Balaban J connectivity index is 0. The van der Waals surface area contributed by atoms with Crippen LogP contribution in [0.2, 0.25) is 0 Å². The van der Waals surface area contributed by atoms with Gasteiger partial charge in [-0.05, 0) is 19.3 Å². The van der Waals surface area contributed by atoms with Crippen LogP contribution in [0.4, 0.5) is 0 Å². The summed E-state index contributed by atoms with van der Waals surface area (Å²) in [6, 6.07) is 0. The first-order valence-electron chi connectivity index (χ1n) is 8.23. The summed E-state index contributed by atoms with van der Waals surface area (Å²) in [4.78, 5) is 1.84. The van der Waals surface area contributed by atoms with Crippen LogP contribution in [-0.2, 0) is 0 Å². The molecule has 0 aliphatic heterocycles. The molecule has 0 aromatic carbocycles. The average Bonchev–Trinajstić information content (AvgIpc) is 2.57. The molecule has 0 atom stereocenters. The first kappa shape index (κ1) is 22.3. The summed E-state index contributed by atoms with van der Waals surface area (Å²) in [5.41, 5.74) is 0. The quantitative estimate of drug-likeness (QED) is 0.658. The predicted molar refractivity (Wildman–Crippen MR) is 88.5 cm³/mol. The van der Waals surface area contributed by atoms with E-state index in [0.717, 1.165) is 0 Å². The Hall–Kier alpha value is -2.02. The van der Waals surface area contributed by atoms with Crippen LogP contribution in [0.3, 0.4) is 0 Å². The standard InChI is InChI=1S/C12H27N.C4BN4/c1-4-7-10-13(11-8-5-2)12-9-6-3;6-1-5(2-7,3-8)4-9/h4-12H2,1-3H3;/q;-1/p+1. The number of rotatable bonds is 9. The number of hydrogen-bond acceptors (Lipinski definition) is 4. The van der Waals surface area contributed by atoms with Crippen LogP contribution in [0.5, 0.6) is 0 Å². The fourth-order valence-corrected chi connectivity index (χ4v) is 1.83. The predicted octanol–water partition coefficient (Wildman–Crippen LogP) is 1.96. The molecule has 0 amide bonds. The number of nitriles is 4. The maximum atomic E-state index is 8.09. The molecule has 0 bridgehead atoms. The van der Waals surface area contributed by atoms with Crippen LogP contribution in [0.1, 0.15) is 59.3 Å². The molecule has 0 fully saturated rings. The summed E-state index contributed by atoms with van der Waals surface area (Å²) in [6.07, 6.45) is 5.54. The van der Waals surface area contributed by atoms with E-state index in [1.54, 1.807) is 0 Å². The summed E-state index contributed by atoms with van der Waals surface area (Å²) in [5, 5.41) is 32.3. The lowest BCUT2D eigenvalue weighted by molar-refractivity contribution is -0.900. The van der Waals surface area contributed by atoms with Crippen molar-refractivity contribution in [2.24, 2.45) is 0 Å².